The fourth-order valence-electron chi connectivity index (χ4n) is 2.03. The molecule has 15 heavy (non-hydrogen) atoms. The monoisotopic (exact) mass is 210 g/mol. The fraction of sp³-hybridized carbons (Fsp3) is 0.750. The van der Waals surface area contributed by atoms with Crippen LogP contribution in [0.15, 0.2) is 12.7 Å². The topological polar surface area (TPSA) is 32.3 Å². The van der Waals surface area contributed by atoms with Gasteiger partial charge in [-0.15, -0.1) is 0 Å². The van der Waals surface area contributed by atoms with Crippen molar-refractivity contribution in [3.05, 3.63) is 12.7 Å². The average molecular weight is 210 g/mol. The zero-order valence-corrected chi connectivity index (χ0v) is 10.0. The van der Waals surface area contributed by atoms with Gasteiger partial charge in [-0.25, -0.2) is 0 Å². The number of hydrogen-bond acceptors (Lipinski definition) is 2. The molecule has 0 spiro atoms. The average Bonchev–Trinajstić information content (AvgIpc) is 2.40. The molecule has 1 amide bonds. The summed E-state index contributed by atoms with van der Waals surface area (Å²) in [5.74, 6) is 0.0543. The van der Waals surface area contributed by atoms with Crippen molar-refractivity contribution in [2.24, 2.45) is 5.41 Å². The molecule has 0 aliphatic carbocycles. The van der Waals surface area contributed by atoms with Crippen LogP contribution in [0.4, 0.5) is 0 Å². The quantitative estimate of drug-likeness (QED) is 0.664. The Morgan fingerprint density at radius 2 is 2.20 bits per heavy atom. The molecule has 3 heteroatoms. The molecule has 0 saturated carbocycles. The lowest BCUT2D eigenvalue weighted by molar-refractivity contribution is -0.130. The minimum absolute atomic E-state index is 0.0543. The van der Waals surface area contributed by atoms with E-state index in [-0.39, 0.29) is 17.4 Å². The van der Waals surface area contributed by atoms with Crippen molar-refractivity contribution in [2.75, 3.05) is 19.6 Å². The third kappa shape index (κ3) is 3.06. The van der Waals surface area contributed by atoms with Gasteiger partial charge in [-0.2, -0.15) is 0 Å². The molecule has 1 N–H and O–H groups in total. The second-order valence-corrected chi connectivity index (χ2v) is 5.18. The van der Waals surface area contributed by atoms with Gasteiger partial charge in [0.25, 0.3) is 0 Å². The molecular formula is C12H22N2O. The number of nitrogens with zero attached hydrogens (tertiary/aromatic N) is 1. The standard InChI is InChI=1S/C12H22N2O/c1-5-11(15)14-8-6-7-13-9-10(14)12(2,3)4/h5,10,13H,1,6-9H2,2-4H3. The Morgan fingerprint density at radius 3 is 2.73 bits per heavy atom. The van der Waals surface area contributed by atoms with Crippen LogP contribution in [-0.4, -0.2) is 36.5 Å². The van der Waals surface area contributed by atoms with Gasteiger partial charge in [-0.3, -0.25) is 4.79 Å². The smallest absolute Gasteiger partial charge is 0.246 e. The fourth-order valence-corrected chi connectivity index (χ4v) is 2.03. The highest BCUT2D eigenvalue weighted by molar-refractivity contribution is 5.87. The molecule has 1 unspecified atom stereocenters. The first-order valence-electron chi connectivity index (χ1n) is 5.60. The molecule has 86 valence electrons. The maximum atomic E-state index is 11.8. The first kappa shape index (κ1) is 12.2. The summed E-state index contributed by atoms with van der Waals surface area (Å²) in [6.07, 6.45) is 2.44. The van der Waals surface area contributed by atoms with Crippen LogP contribution in [0.2, 0.25) is 0 Å². The Bertz CT molecular complexity index is 242. The van der Waals surface area contributed by atoms with Crippen molar-refractivity contribution in [1.82, 2.24) is 10.2 Å². The van der Waals surface area contributed by atoms with Crippen LogP contribution in [0, 0.1) is 5.41 Å². The molecule has 1 fully saturated rings. The molecule has 1 saturated heterocycles. The summed E-state index contributed by atoms with van der Waals surface area (Å²) in [7, 11) is 0. The number of carbonyl (C=O) groups is 1. The molecule has 1 atom stereocenters. The van der Waals surface area contributed by atoms with Crippen LogP contribution < -0.4 is 5.32 Å². The minimum Gasteiger partial charge on any atom is -0.334 e. The van der Waals surface area contributed by atoms with E-state index >= 15 is 0 Å². The largest absolute Gasteiger partial charge is 0.334 e. The number of nitrogens with one attached hydrogen (secondary N) is 1. The maximum Gasteiger partial charge on any atom is 0.246 e. The molecule has 0 bridgehead atoms. The van der Waals surface area contributed by atoms with Gasteiger partial charge < -0.3 is 10.2 Å². The Labute approximate surface area is 92.5 Å². The summed E-state index contributed by atoms with van der Waals surface area (Å²) < 4.78 is 0. The van der Waals surface area contributed by atoms with Gasteiger partial charge in [0.05, 0.1) is 0 Å². The summed E-state index contributed by atoms with van der Waals surface area (Å²) in [4.78, 5) is 13.7. The number of hydrogen-bond donors (Lipinski definition) is 1. The van der Waals surface area contributed by atoms with Crippen LogP contribution >= 0.6 is 0 Å². The Kier molecular flexibility index (Phi) is 3.91. The third-order valence-corrected chi connectivity index (χ3v) is 2.92. The molecule has 1 rings (SSSR count). The molecular weight excluding hydrogens is 188 g/mol. The SMILES string of the molecule is C=CC(=O)N1CCCNCC1C(C)(C)C. The van der Waals surface area contributed by atoms with E-state index in [1.165, 1.54) is 6.08 Å². The van der Waals surface area contributed by atoms with Crippen LogP contribution in [-0.2, 0) is 4.79 Å². The van der Waals surface area contributed by atoms with E-state index in [4.69, 9.17) is 0 Å². The Morgan fingerprint density at radius 1 is 1.53 bits per heavy atom. The number of carbonyl (C=O) groups excluding carboxylic acids is 1. The third-order valence-electron chi connectivity index (χ3n) is 2.92. The summed E-state index contributed by atoms with van der Waals surface area (Å²) in [6.45, 7) is 12.8. The highest BCUT2D eigenvalue weighted by Gasteiger charge is 2.32. The first-order valence-corrected chi connectivity index (χ1v) is 5.60. The van der Waals surface area contributed by atoms with E-state index in [9.17, 15) is 4.79 Å². The van der Waals surface area contributed by atoms with Gasteiger partial charge in [0, 0.05) is 19.1 Å². The molecule has 0 aromatic carbocycles. The second kappa shape index (κ2) is 4.79. The van der Waals surface area contributed by atoms with Crippen molar-refractivity contribution < 1.29 is 4.79 Å². The van der Waals surface area contributed by atoms with Crippen molar-refractivity contribution in [3.63, 3.8) is 0 Å². The second-order valence-electron chi connectivity index (χ2n) is 5.18. The van der Waals surface area contributed by atoms with E-state index in [1.807, 2.05) is 4.90 Å². The summed E-state index contributed by atoms with van der Waals surface area (Å²) in [5, 5.41) is 3.38. The lowest BCUT2D eigenvalue weighted by atomic mass is 9.85. The number of amides is 1. The summed E-state index contributed by atoms with van der Waals surface area (Å²) >= 11 is 0. The lowest BCUT2D eigenvalue weighted by Crippen LogP contribution is -2.50. The van der Waals surface area contributed by atoms with Crippen LogP contribution in [0.3, 0.4) is 0 Å². The van der Waals surface area contributed by atoms with Gasteiger partial charge in [0.15, 0.2) is 0 Å². The van der Waals surface area contributed by atoms with Crippen molar-refractivity contribution in [3.8, 4) is 0 Å². The van der Waals surface area contributed by atoms with Gasteiger partial charge in [-0.05, 0) is 24.5 Å². The normalized spacial score (nSPS) is 23.4. The highest BCUT2D eigenvalue weighted by Crippen LogP contribution is 2.25. The summed E-state index contributed by atoms with van der Waals surface area (Å²) in [6, 6.07) is 0.255. The predicted molar refractivity (Wildman–Crippen MR) is 62.6 cm³/mol. The minimum atomic E-state index is 0.0543. The summed E-state index contributed by atoms with van der Waals surface area (Å²) in [5.41, 5.74) is 0.107. The zero-order chi connectivity index (χ0) is 11.5. The molecule has 0 aromatic rings. The highest BCUT2D eigenvalue weighted by atomic mass is 16.2. The molecule has 0 radical (unpaired) electrons. The van der Waals surface area contributed by atoms with Crippen molar-refractivity contribution >= 4 is 5.91 Å². The van der Waals surface area contributed by atoms with Gasteiger partial charge in [-0.1, -0.05) is 27.4 Å². The van der Waals surface area contributed by atoms with E-state index < -0.39 is 0 Å². The molecule has 0 aromatic heterocycles. The molecule has 3 nitrogen and oxygen atoms in total. The van der Waals surface area contributed by atoms with Crippen LogP contribution in [0.5, 0.6) is 0 Å². The Balaban J connectivity index is 2.85. The molecule has 1 aliphatic rings. The van der Waals surface area contributed by atoms with E-state index in [1.54, 1.807) is 0 Å². The molecule has 1 aliphatic heterocycles. The maximum absolute atomic E-state index is 11.8. The predicted octanol–water partition coefficient (Wildman–Crippen LogP) is 1.41. The van der Waals surface area contributed by atoms with Crippen molar-refractivity contribution in [1.29, 1.82) is 0 Å². The first-order chi connectivity index (χ1) is 6.96. The zero-order valence-electron chi connectivity index (χ0n) is 10.0. The molecule has 1 heterocycles. The van der Waals surface area contributed by atoms with E-state index in [0.717, 1.165) is 26.1 Å². The van der Waals surface area contributed by atoms with E-state index in [0.29, 0.717) is 0 Å². The van der Waals surface area contributed by atoms with Gasteiger partial charge >= 0.3 is 0 Å². The van der Waals surface area contributed by atoms with Crippen molar-refractivity contribution in [2.45, 2.75) is 33.2 Å². The van der Waals surface area contributed by atoms with Gasteiger partial charge in [0.2, 0.25) is 5.91 Å². The van der Waals surface area contributed by atoms with Crippen LogP contribution in [0.25, 0.3) is 0 Å². The Hall–Kier alpha value is -0.830. The lowest BCUT2D eigenvalue weighted by Gasteiger charge is -2.38. The number of rotatable bonds is 1. The van der Waals surface area contributed by atoms with E-state index in [2.05, 4.69) is 32.7 Å². The van der Waals surface area contributed by atoms with Crippen LogP contribution in [0.1, 0.15) is 27.2 Å². The van der Waals surface area contributed by atoms with Gasteiger partial charge in [0.1, 0.15) is 0 Å².